The van der Waals surface area contributed by atoms with Crippen LogP contribution in [-0.2, 0) is 18.3 Å². The highest BCUT2D eigenvalue weighted by atomic mass is 35.5. The van der Waals surface area contributed by atoms with Gasteiger partial charge < -0.3 is 14.6 Å². The number of hydrogen-bond donors (Lipinski definition) is 2. The Morgan fingerprint density at radius 1 is 1.28 bits per heavy atom. The summed E-state index contributed by atoms with van der Waals surface area (Å²) < 4.78 is 7.77. The Morgan fingerprint density at radius 2 is 1.97 bits per heavy atom. The van der Waals surface area contributed by atoms with Gasteiger partial charge in [0.1, 0.15) is 12.9 Å². The van der Waals surface area contributed by atoms with E-state index in [1.54, 1.807) is 11.6 Å². The molecule has 0 radical (unpaired) electrons. The lowest BCUT2D eigenvalue weighted by Crippen LogP contribution is -2.44. The van der Waals surface area contributed by atoms with Crippen LogP contribution < -0.4 is 10.9 Å². The summed E-state index contributed by atoms with van der Waals surface area (Å²) in [5.41, 5.74) is 1.49. The van der Waals surface area contributed by atoms with E-state index in [1.807, 2.05) is 24.3 Å². The van der Waals surface area contributed by atoms with Crippen molar-refractivity contribution in [3.63, 3.8) is 0 Å². The van der Waals surface area contributed by atoms with Gasteiger partial charge in [-0.3, -0.25) is 14.8 Å². The number of halogens is 1. The highest BCUT2D eigenvalue weighted by Crippen LogP contribution is 2.37. The van der Waals surface area contributed by atoms with E-state index in [0.29, 0.717) is 22.1 Å². The molecule has 29 heavy (non-hydrogen) atoms. The molecule has 2 aromatic heterocycles. The van der Waals surface area contributed by atoms with E-state index in [2.05, 4.69) is 15.3 Å². The molecule has 10 heteroatoms. The average molecular weight is 415 g/mol. The highest BCUT2D eigenvalue weighted by Gasteiger charge is 2.32. The topological polar surface area (TPSA) is 115 Å². The molecule has 1 aromatic carbocycles. The minimum atomic E-state index is -0.697. The maximum atomic E-state index is 12.5. The molecule has 0 bridgehead atoms. The van der Waals surface area contributed by atoms with Gasteiger partial charge in [0.05, 0.1) is 6.33 Å². The Bertz CT molecular complexity index is 1130. The molecule has 1 aliphatic rings. The van der Waals surface area contributed by atoms with E-state index in [9.17, 15) is 9.59 Å². The van der Waals surface area contributed by atoms with Crippen molar-refractivity contribution < 1.29 is 9.53 Å². The molecule has 4 rings (SSSR count). The summed E-state index contributed by atoms with van der Waals surface area (Å²) in [4.78, 5) is 32.6. The lowest BCUT2D eigenvalue weighted by molar-refractivity contribution is 0.178. The molecule has 1 saturated carbocycles. The summed E-state index contributed by atoms with van der Waals surface area (Å²) in [7, 11) is 1.69. The predicted octanol–water partition coefficient (Wildman–Crippen LogP) is 2.43. The van der Waals surface area contributed by atoms with E-state index in [4.69, 9.17) is 21.7 Å². The summed E-state index contributed by atoms with van der Waals surface area (Å²) in [5, 5.41) is 11.3. The Hall–Kier alpha value is -3.20. The number of aryl methyl sites for hydroxylation is 1. The van der Waals surface area contributed by atoms with Gasteiger partial charge in [-0.15, -0.1) is 0 Å². The van der Waals surface area contributed by atoms with Crippen LogP contribution in [0.5, 0.6) is 0 Å². The van der Waals surface area contributed by atoms with Crippen molar-refractivity contribution in [2.24, 2.45) is 7.05 Å². The molecule has 0 saturated heterocycles. The Labute approximate surface area is 170 Å². The van der Waals surface area contributed by atoms with E-state index in [-0.39, 0.29) is 24.0 Å². The van der Waals surface area contributed by atoms with Gasteiger partial charge in [0.25, 0.3) is 5.56 Å². The van der Waals surface area contributed by atoms with Crippen LogP contribution in [0.1, 0.15) is 24.3 Å². The minimum Gasteiger partial charge on any atom is -0.394 e. The molecule has 0 aliphatic heterocycles. The van der Waals surface area contributed by atoms with Gasteiger partial charge in [0, 0.05) is 18.1 Å². The minimum absolute atomic E-state index is 0.00819. The van der Waals surface area contributed by atoms with Crippen molar-refractivity contribution in [3.05, 3.63) is 57.9 Å². The van der Waals surface area contributed by atoms with Gasteiger partial charge in [-0.2, -0.15) is 0 Å². The number of fused-ring (bicyclic) bond motifs is 1. The van der Waals surface area contributed by atoms with E-state index in [0.717, 1.165) is 12.8 Å². The van der Waals surface area contributed by atoms with Gasteiger partial charge in [-0.1, -0.05) is 23.7 Å². The molecule has 0 spiro atoms. The number of carbonyl (C=O) groups is 1. The largest absolute Gasteiger partial charge is 0.413 e. The maximum absolute atomic E-state index is 12.5. The van der Waals surface area contributed by atoms with Gasteiger partial charge in [-0.25, -0.2) is 14.8 Å². The number of benzene rings is 1. The van der Waals surface area contributed by atoms with Gasteiger partial charge in [0.2, 0.25) is 5.90 Å². The van der Waals surface area contributed by atoms with Crippen LogP contribution in [0.4, 0.5) is 4.79 Å². The van der Waals surface area contributed by atoms with Crippen molar-refractivity contribution in [2.45, 2.75) is 31.3 Å². The van der Waals surface area contributed by atoms with Crippen LogP contribution in [0.15, 0.2) is 41.7 Å². The van der Waals surface area contributed by atoms with Crippen LogP contribution in [0.2, 0.25) is 5.02 Å². The normalized spacial score (nSPS) is 18.3. The number of carbonyl (C=O) groups excluding carboxylic acids is 1. The van der Waals surface area contributed by atoms with Crippen molar-refractivity contribution in [3.8, 4) is 0 Å². The second kappa shape index (κ2) is 7.67. The maximum Gasteiger partial charge on any atom is 0.413 e. The summed E-state index contributed by atoms with van der Waals surface area (Å²) >= 11 is 5.90. The molecular formula is C19H19ClN6O3. The molecule has 0 atom stereocenters. The fourth-order valence-corrected chi connectivity index (χ4v) is 3.55. The monoisotopic (exact) mass is 414 g/mol. The van der Waals surface area contributed by atoms with Crippen LogP contribution in [0.3, 0.4) is 0 Å². The second-order valence-corrected chi connectivity index (χ2v) is 7.52. The van der Waals surface area contributed by atoms with Crippen molar-refractivity contribution in [1.82, 2.24) is 24.4 Å². The number of rotatable bonds is 4. The lowest BCUT2D eigenvalue weighted by atomic mass is 9.76. The summed E-state index contributed by atoms with van der Waals surface area (Å²) in [6.07, 6.45) is 3.68. The number of amides is 1. The van der Waals surface area contributed by atoms with Gasteiger partial charge in [-0.05, 0) is 36.5 Å². The van der Waals surface area contributed by atoms with E-state index >= 15 is 0 Å². The fourth-order valence-electron chi connectivity index (χ4n) is 3.42. The first-order valence-electron chi connectivity index (χ1n) is 9.08. The molecule has 150 valence electrons. The summed E-state index contributed by atoms with van der Waals surface area (Å²) in [6.45, 7) is -0.196. The number of hydrogen-bond acceptors (Lipinski definition) is 6. The van der Waals surface area contributed by atoms with Crippen molar-refractivity contribution >= 4 is 34.8 Å². The standard InChI is InChI=1S/C19H19ClN6O3/c1-25-9-22-17-16(25)18(27)26(10-23-17)8-15(21)29-19(28)24-14-6-12(7-14)11-2-4-13(20)5-3-11/h2-5,9-10,12,14,21H,6-8H2,1H3,(H,24,28). The quantitative estimate of drug-likeness (QED) is 0.502. The van der Waals surface area contributed by atoms with Crippen LogP contribution in [-0.4, -0.2) is 37.1 Å². The Kier molecular flexibility index (Phi) is 5.06. The van der Waals surface area contributed by atoms with Crippen molar-refractivity contribution in [1.29, 1.82) is 5.41 Å². The number of nitrogens with zero attached hydrogens (tertiary/aromatic N) is 4. The number of aromatic nitrogens is 4. The number of alkyl carbamates (subject to hydrolysis) is 1. The first kappa shape index (κ1) is 19.1. The van der Waals surface area contributed by atoms with Gasteiger partial charge in [0.15, 0.2) is 11.2 Å². The number of imidazole rings is 1. The molecule has 0 unspecified atom stereocenters. The van der Waals surface area contributed by atoms with Gasteiger partial charge >= 0.3 is 6.09 Å². The highest BCUT2D eigenvalue weighted by molar-refractivity contribution is 6.30. The smallest absolute Gasteiger partial charge is 0.394 e. The third-order valence-electron chi connectivity index (χ3n) is 5.03. The zero-order valence-electron chi connectivity index (χ0n) is 15.6. The Morgan fingerprint density at radius 3 is 2.69 bits per heavy atom. The lowest BCUT2D eigenvalue weighted by Gasteiger charge is -2.35. The molecule has 1 amide bonds. The molecule has 1 aliphatic carbocycles. The molecular weight excluding hydrogens is 396 g/mol. The summed E-state index contributed by atoms with van der Waals surface area (Å²) in [5.74, 6) is 0.0220. The Balaban J connectivity index is 1.29. The fraction of sp³-hybridized carbons (Fsp3) is 0.316. The summed E-state index contributed by atoms with van der Waals surface area (Å²) in [6, 6.07) is 7.68. The van der Waals surface area contributed by atoms with E-state index < -0.39 is 6.09 Å². The van der Waals surface area contributed by atoms with Crippen LogP contribution in [0.25, 0.3) is 11.2 Å². The predicted molar refractivity (Wildman–Crippen MR) is 107 cm³/mol. The molecule has 3 aromatic rings. The first-order chi connectivity index (χ1) is 13.9. The zero-order chi connectivity index (χ0) is 20.5. The number of ether oxygens (including phenoxy) is 1. The van der Waals surface area contributed by atoms with Crippen LogP contribution >= 0.6 is 11.6 Å². The zero-order valence-corrected chi connectivity index (χ0v) is 16.4. The molecule has 9 nitrogen and oxygen atoms in total. The van der Waals surface area contributed by atoms with Crippen LogP contribution in [0, 0.1) is 5.41 Å². The van der Waals surface area contributed by atoms with E-state index in [1.165, 1.54) is 22.8 Å². The average Bonchev–Trinajstić information content (AvgIpc) is 3.03. The SMILES string of the molecule is Cn1cnc2ncn(CC(=N)OC(=O)NC3CC(c4ccc(Cl)cc4)C3)c(=O)c21. The van der Waals surface area contributed by atoms with Crippen molar-refractivity contribution in [2.75, 3.05) is 0 Å². The number of nitrogens with one attached hydrogen (secondary N) is 2. The first-order valence-corrected chi connectivity index (χ1v) is 9.46. The third-order valence-corrected chi connectivity index (χ3v) is 5.28. The molecule has 2 N–H and O–H groups in total. The third kappa shape index (κ3) is 4.00. The molecule has 1 fully saturated rings. The molecule has 2 heterocycles. The second-order valence-electron chi connectivity index (χ2n) is 7.08.